The first kappa shape index (κ1) is 21.5. The molecule has 0 spiro atoms. The third-order valence-corrected chi connectivity index (χ3v) is 5.32. The lowest BCUT2D eigenvalue weighted by Gasteiger charge is -2.15. The summed E-state index contributed by atoms with van der Waals surface area (Å²) in [6.45, 7) is 4.10. The van der Waals surface area contributed by atoms with Gasteiger partial charge in [0.15, 0.2) is 0 Å². The Bertz CT molecular complexity index is 1110. The van der Waals surface area contributed by atoms with E-state index in [0.717, 1.165) is 41.6 Å². The molecular formula is C25H27N3O2. The molecule has 1 N–H and O–H groups in total. The number of benzene rings is 2. The highest BCUT2D eigenvalue weighted by molar-refractivity contribution is 5.70. The molecule has 0 amide bonds. The molecule has 0 aliphatic rings. The smallest absolute Gasteiger partial charge is 0.257 e. The van der Waals surface area contributed by atoms with Crippen LogP contribution in [0.4, 0.5) is 0 Å². The van der Waals surface area contributed by atoms with E-state index in [1.165, 1.54) is 0 Å². The Morgan fingerprint density at radius 3 is 2.53 bits per heavy atom. The monoisotopic (exact) mass is 401 g/mol. The highest BCUT2D eigenvalue weighted by Gasteiger charge is 2.15. The van der Waals surface area contributed by atoms with Crippen LogP contribution in [0.1, 0.15) is 48.0 Å². The van der Waals surface area contributed by atoms with Crippen LogP contribution < -0.4 is 5.56 Å². The lowest BCUT2D eigenvalue weighted by molar-refractivity contribution is 0.271. The van der Waals surface area contributed by atoms with Gasteiger partial charge in [0.05, 0.1) is 30.5 Å². The molecule has 0 aliphatic heterocycles. The number of nitrogens with zero attached hydrogens (tertiary/aromatic N) is 3. The van der Waals surface area contributed by atoms with Crippen molar-refractivity contribution in [3.8, 4) is 17.2 Å². The van der Waals surface area contributed by atoms with Crippen molar-refractivity contribution in [2.75, 3.05) is 6.61 Å². The van der Waals surface area contributed by atoms with E-state index in [1.807, 2.05) is 55.5 Å². The van der Waals surface area contributed by atoms with Crippen molar-refractivity contribution in [2.45, 2.75) is 46.1 Å². The van der Waals surface area contributed by atoms with Gasteiger partial charge in [-0.25, -0.2) is 4.98 Å². The fourth-order valence-electron chi connectivity index (χ4n) is 3.69. The highest BCUT2D eigenvalue weighted by atomic mass is 16.3. The maximum absolute atomic E-state index is 13.1. The van der Waals surface area contributed by atoms with Crippen LogP contribution in [-0.4, -0.2) is 21.3 Å². The van der Waals surface area contributed by atoms with Gasteiger partial charge in [-0.3, -0.25) is 9.36 Å². The summed E-state index contributed by atoms with van der Waals surface area (Å²) < 4.78 is 1.56. The number of hydrogen-bond donors (Lipinski definition) is 1. The molecule has 0 saturated carbocycles. The first-order chi connectivity index (χ1) is 14.6. The van der Waals surface area contributed by atoms with E-state index in [-0.39, 0.29) is 18.7 Å². The van der Waals surface area contributed by atoms with Gasteiger partial charge in [0, 0.05) is 12.0 Å². The minimum absolute atomic E-state index is 0.0680. The zero-order valence-electron chi connectivity index (χ0n) is 17.6. The van der Waals surface area contributed by atoms with Gasteiger partial charge in [-0.05, 0) is 42.5 Å². The second-order valence-corrected chi connectivity index (χ2v) is 7.40. The standard InChI is InChI=1S/C25H27N3O2/c1-3-4-9-24-23(25(30)28(14-15-29)18(2)27-24)16-19-10-12-20(13-11-19)22-8-6-5-7-21(22)17-26/h5-8,10-13,29H,3-4,9,14-16H2,1-2H3. The largest absolute Gasteiger partial charge is 0.395 e. The van der Waals surface area contributed by atoms with Crippen LogP contribution in [0.25, 0.3) is 11.1 Å². The van der Waals surface area contributed by atoms with Crippen molar-refractivity contribution in [3.05, 3.63) is 87.1 Å². The third-order valence-electron chi connectivity index (χ3n) is 5.32. The summed E-state index contributed by atoms with van der Waals surface area (Å²) in [6, 6.07) is 17.7. The van der Waals surface area contributed by atoms with Gasteiger partial charge in [-0.1, -0.05) is 55.8 Å². The SMILES string of the molecule is CCCCc1nc(C)n(CCO)c(=O)c1Cc1ccc(-c2ccccc2C#N)cc1. The lowest BCUT2D eigenvalue weighted by atomic mass is 9.97. The average Bonchev–Trinajstić information content (AvgIpc) is 2.77. The number of unbranched alkanes of at least 4 members (excludes halogenated alkanes) is 1. The number of rotatable bonds is 8. The topological polar surface area (TPSA) is 78.9 Å². The highest BCUT2D eigenvalue weighted by Crippen LogP contribution is 2.24. The number of hydrogen-bond acceptors (Lipinski definition) is 4. The van der Waals surface area contributed by atoms with Gasteiger partial charge < -0.3 is 5.11 Å². The number of aromatic nitrogens is 2. The second-order valence-electron chi connectivity index (χ2n) is 7.40. The quantitative estimate of drug-likeness (QED) is 0.618. The van der Waals surface area contributed by atoms with Gasteiger partial charge in [0.2, 0.25) is 0 Å². The molecule has 1 heterocycles. The normalized spacial score (nSPS) is 10.7. The van der Waals surface area contributed by atoms with Gasteiger partial charge in [-0.15, -0.1) is 0 Å². The van der Waals surface area contributed by atoms with E-state index < -0.39 is 0 Å². The number of aryl methyl sites for hydroxylation is 2. The van der Waals surface area contributed by atoms with Gasteiger partial charge in [0.25, 0.3) is 5.56 Å². The van der Waals surface area contributed by atoms with Crippen LogP contribution >= 0.6 is 0 Å². The molecule has 0 radical (unpaired) electrons. The summed E-state index contributed by atoms with van der Waals surface area (Å²) in [5, 5.41) is 18.7. The van der Waals surface area contributed by atoms with Crippen LogP contribution in [0.5, 0.6) is 0 Å². The van der Waals surface area contributed by atoms with Crippen molar-refractivity contribution in [2.24, 2.45) is 0 Å². The number of aliphatic hydroxyl groups excluding tert-OH is 1. The van der Waals surface area contributed by atoms with E-state index in [2.05, 4.69) is 18.0 Å². The molecule has 0 unspecified atom stereocenters. The number of aliphatic hydroxyl groups is 1. The molecule has 2 aromatic carbocycles. The Kier molecular flexibility index (Phi) is 7.16. The summed E-state index contributed by atoms with van der Waals surface area (Å²) >= 11 is 0. The van der Waals surface area contributed by atoms with Crippen molar-refractivity contribution in [3.63, 3.8) is 0 Å². The van der Waals surface area contributed by atoms with Crippen molar-refractivity contribution >= 4 is 0 Å². The van der Waals surface area contributed by atoms with Crippen molar-refractivity contribution < 1.29 is 5.11 Å². The molecular weight excluding hydrogens is 374 g/mol. The molecule has 5 nitrogen and oxygen atoms in total. The molecule has 0 bridgehead atoms. The van der Waals surface area contributed by atoms with E-state index in [9.17, 15) is 15.2 Å². The molecule has 3 rings (SSSR count). The minimum atomic E-state index is -0.0941. The van der Waals surface area contributed by atoms with Crippen LogP contribution in [-0.2, 0) is 19.4 Å². The molecule has 0 fully saturated rings. The lowest BCUT2D eigenvalue weighted by Crippen LogP contribution is -2.30. The molecule has 0 saturated heterocycles. The van der Waals surface area contributed by atoms with Gasteiger partial charge in [-0.2, -0.15) is 5.26 Å². The fraction of sp³-hybridized carbons (Fsp3) is 0.320. The molecule has 3 aromatic rings. The molecule has 1 aromatic heterocycles. The zero-order chi connectivity index (χ0) is 21.5. The summed E-state index contributed by atoms with van der Waals surface area (Å²) in [4.78, 5) is 17.8. The van der Waals surface area contributed by atoms with Crippen molar-refractivity contribution in [1.82, 2.24) is 9.55 Å². The van der Waals surface area contributed by atoms with Crippen LogP contribution in [0.3, 0.4) is 0 Å². The Morgan fingerprint density at radius 1 is 1.13 bits per heavy atom. The first-order valence-electron chi connectivity index (χ1n) is 10.4. The van der Waals surface area contributed by atoms with E-state index in [4.69, 9.17) is 0 Å². The van der Waals surface area contributed by atoms with Crippen LogP contribution in [0.15, 0.2) is 53.3 Å². The third kappa shape index (κ3) is 4.67. The van der Waals surface area contributed by atoms with E-state index in [1.54, 1.807) is 4.57 Å². The fourth-order valence-corrected chi connectivity index (χ4v) is 3.69. The van der Waals surface area contributed by atoms with Gasteiger partial charge >= 0.3 is 0 Å². The summed E-state index contributed by atoms with van der Waals surface area (Å²) in [7, 11) is 0. The average molecular weight is 402 g/mol. The maximum atomic E-state index is 13.1. The predicted octanol–water partition coefficient (Wildman–Crippen LogP) is 4.02. The predicted molar refractivity (Wildman–Crippen MR) is 118 cm³/mol. The molecule has 0 aliphatic carbocycles. The number of nitriles is 1. The van der Waals surface area contributed by atoms with E-state index in [0.29, 0.717) is 23.4 Å². The van der Waals surface area contributed by atoms with E-state index >= 15 is 0 Å². The summed E-state index contributed by atoms with van der Waals surface area (Å²) in [5.41, 5.74) is 5.02. The molecule has 0 atom stereocenters. The molecule has 154 valence electrons. The van der Waals surface area contributed by atoms with Crippen LogP contribution in [0.2, 0.25) is 0 Å². The first-order valence-corrected chi connectivity index (χ1v) is 10.4. The Hall–Kier alpha value is -3.23. The van der Waals surface area contributed by atoms with Crippen molar-refractivity contribution in [1.29, 1.82) is 5.26 Å². The summed E-state index contributed by atoms with van der Waals surface area (Å²) in [6.07, 6.45) is 3.28. The Balaban J connectivity index is 1.96. The molecule has 30 heavy (non-hydrogen) atoms. The minimum Gasteiger partial charge on any atom is -0.395 e. The maximum Gasteiger partial charge on any atom is 0.257 e. The Labute approximate surface area is 177 Å². The second kappa shape index (κ2) is 10.00. The van der Waals surface area contributed by atoms with Crippen LogP contribution in [0, 0.1) is 18.3 Å². The molecule has 5 heteroatoms. The zero-order valence-corrected chi connectivity index (χ0v) is 17.6. The summed E-state index contributed by atoms with van der Waals surface area (Å²) in [5.74, 6) is 0.646. The Morgan fingerprint density at radius 2 is 1.87 bits per heavy atom. The van der Waals surface area contributed by atoms with Gasteiger partial charge in [0.1, 0.15) is 5.82 Å².